The maximum absolute atomic E-state index is 12.9. The summed E-state index contributed by atoms with van der Waals surface area (Å²) in [5, 5.41) is 0. The second kappa shape index (κ2) is 11.1. The van der Waals surface area contributed by atoms with Crippen LogP contribution in [0.5, 0.6) is 0 Å². The van der Waals surface area contributed by atoms with Crippen molar-refractivity contribution in [1.82, 2.24) is 14.7 Å². The Morgan fingerprint density at radius 3 is 1.97 bits per heavy atom. The van der Waals surface area contributed by atoms with Crippen molar-refractivity contribution < 1.29 is 9.59 Å². The maximum Gasteiger partial charge on any atom is 0.253 e. The van der Waals surface area contributed by atoms with Crippen LogP contribution in [-0.2, 0) is 13.0 Å². The minimum atomic E-state index is -0.413. The molecule has 1 saturated heterocycles. The van der Waals surface area contributed by atoms with Gasteiger partial charge in [0.1, 0.15) is 0 Å². The van der Waals surface area contributed by atoms with E-state index >= 15 is 0 Å². The van der Waals surface area contributed by atoms with Crippen LogP contribution in [0.2, 0.25) is 0 Å². The molecular formula is C28H32N4O2. The highest BCUT2D eigenvalue weighted by molar-refractivity contribution is 5.94. The number of carbonyl (C=O) groups is 2. The Morgan fingerprint density at radius 2 is 1.38 bits per heavy atom. The van der Waals surface area contributed by atoms with Gasteiger partial charge in [-0.15, -0.1) is 0 Å². The molecular weight excluding hydrogens is 424 g/mol. The van der Waals surface area contributed by atoms with E-state index in [1.54, 1.807) is 12.1 Å². The smallest absolute Gasteiger partial charge is 0.253 e. The van der Waals surface area contributed by atoms with Gasteiger partial charge in [-0.3, -0.25) is 19.4 Å². The molecule has 1 aliphatic heterocycles. The molecule has 1 atom stereocenters. The van der Waals surface area contributed by atoms with Crippen LogP contribution in [0.4, 0.5) is 0 Å². The molecule has 1 heterocycles. The highest BCUT2D eigenvalue weighted by Crippen LogP contribution is 2.19. The summed E-state index contributed by atoms with van der Waals surface area (Å²) in [6, 6.07) is 27.5. The second-order valence-electron chi connectivity index (χ2n) is 8.84. The van der Waals surface area contributed by atoms with Crippen molar-refractivity contribution in [3.8, 4) is 0 Å². The Kier molecular flexibility index (Phi) is 7.72. The number of piperazine rings is 1. The molecule has 4 rings (SSSR count). The molecule has 1 aliphatic rings. The van der Waals surface area contributed by atoms with E-state index in [4.69, 9.17) is 5.73 Å². The fourth-order valence-corrected chi connectivity index (χ4v) is 4.54. The Hall–Kier alpha value is -3.48. The average Bonchev–Trinajstić information content (AvgIpc) is 2.88. The van der Waals surface area contributed by atoms with Gasteiger partial charge >= 0.3 is 0 Å². The zero-order valence-electron chi connectivity index (χ0n) is 19.6. The number of benzene rings is 3. The number of hydrogen-bond donors (Lipinski definition) is 1. The number of primary amides is 1. The molecule has 3 aromatic carbocycles. The lowest BCUT2D eigenvalue weighted by Gasteiger charge is -2.43. The molecule has 2 N–H and O–H groups in total. The summed E-state index contributed by atoms with van der Waals surface area (Å²) in [4.78, 5) is 31.1. The van der Waals surface area contributed by atoms with Gasteiger partial charge in [-0.2, -0.15) is 0 Å². The molecule has 0 aromatic heterocycles. The monoisotopic (exact) mass is 456 g/mol. The summed E-state index contributed by atoms with van der Waals surface area (Å²) in [6.07, 6.45) is 0.975. The number of amides is 2. The summed E-state index contributed by atoms with van der Waals surface area (Å²) >= 11 is 0. The Labute approximate surface area is 201 Å². The Bertz CT molecular complexity index is 1080. The standard InChI is InChI=1S/C28H32N4O2/c1-30(21-23-8-4-2-5-9-23)26(20-22-12-14-24(15-13-22)27(29)33)31-16-18-32(19-17-31)28(34)25-10-6-3-7-11-25/h2-15,26H,16-21H2,1H3,(H2,29,33). The quantitative estimate of drug-likeness (QED) is 0.565. The molecule has 176 valence electrons. The minimum Gasteiger partial charge on any atom is -0.366 e. The summed E-state index contributed by atoms with van der Waals surface area (Å²) in [5.41, 5.74) is 9.08. The predicted molar refractivity (Wildman–Crippen MR) is 134 cm³/mol. The van der Waals surface area contributed by atoms with E-state index in [1.807, 2.05) is 53.4 Å². The third-order valence-electron chi connectivity index (χ3n) is 6.48. The van der Waals surface area contributed by atoms with E-state index in [-0.39, 0.29) is 12.1 Å². The molecule has 0 saturated carbocycles. The zero-order chi connectivity index (χ0) is 23.9. The van der Waals surface area contributed by atoms with Gasteiger partial charge < -0.3 is 10.6 Å². The number of carbonyl (C=O) groups excluding carboxylic acids is 2. The SMILES string of the molecule is CN(Cc1ccccc1)C(Cc1ccc(C(N)=O)cc1)N1CCN(C(=O)c2ccccc2)CC1. The molecule has 0 bridgehead atoms. The van der Waals surface area contributed by atoms with E-state index in [0.717, 1.165) is 37.2 Å². The first-order valence-electron chi connectivity index (χ1n) is 11.7. The lowest BCUT2D eigenvalue weighted by Crippen LogP contribution is -2.56. The van der Waals surface area contributed by atoms with Crippen molar-refractivity contribution in [1.29, 1.82) is 0 Å². The number of likely N-dealkylation sites (N-methyl/N-ethyl adjacent to an activating group) is 1. The third kappa shape index (κ3) is 5.90. The van der Waals surface area contributed by atoms with Crippen LogP contribution >= 0.6 is 0 Å². The van der Waals surface area contributed by atoms with Crippen LogP contribution < -0.4 is 5.73 Å². The number of nitrogens with zero attached hydrogens (tertiary/aromatic N) is 3. The molecule has 0 aliphatic carbocycles. The number of rotatable bonds is 8. The summed E-state index contributed by atoms with van der Waals surface area (Å²) in [5.74, 6) is -0.319. The normalized spacial score (nSPS) is 15.3. The van der Waals surface area contributed by atoms with E-state index < -0.39 is 5.91 Å². The molecule has 2 amide bonds. The molecule has 0 radical (unpaired) electrons. The van der Waals surface area contributed by atoms with Crippen molar-refractivity contribution in [2.75, 3.05) is 33.2 Å². The van der Waals surface area contributed by atoms with Crippen molar-refractivity contribution in [2.45, 2.75) is 19.1 Å². The summed E-state index contributed by atoms with van der Waals surface area (Å²) < 4.78 is 0. The molecule has 1 unspecified atom stereocenters. The fourth-order valence-electron chi connectivity index (χ4n) is 4.54. The topological polar surface area (TPSA) is 69.9 Å². The molecule has 3 aromatic rings. The van der Waals surface area contributed by atoms with Gasteiger partial charge in [-0.1, -0.05) is 60.7 Å². The van der Waals surface area contributed by atoms with E-state index in [2.05, 4.69) is 41.1 Å². The maximum atomic E-state index is 12.9. The summed E-state index contributed by atoms with van der Waals surface area (Å²) in [7, 11) is 2.15. The first-order chi connectivity index (χ1) is 16.5. The Balaban J connectivity index is 1.47. The number of hydrogen-bond acceptors (Lipinski definition) is 4. The lowest BCUT2D eigenvalue weighted by molar-refractivity contribution is 0.0160. The second-order valence-corrected chi connectivity index (χ2v) is 8.84. The van der Waals surface area contributed by atoms with Crippen molar-refractivity contribution in [2.24, 2.45) is 5.73 Å². The molecule has 6 heteroatoms. The van der Waals surface area contributed by atoms with Crippen LogP contribution in [-0.4, -0.2) is 65.9 Å². The average molecular weight is 457 g/mol. The molecule has 1 fully saturated rings. The van der Waals surface area contributed by atoms with Crippen molar-refractivity contribution in [3.05, 3.63) is 107 Å². The van der Waals surface area contributed by atoms with Gasteiger partial charge in [0.25, 0.3) is 5.91 Å². The van der Waals surface area contributed by atoms with Crippen molar-refractivity contribution in [3.63, 3.8) is 0 Å². The van der Waals surface area contributed by atoms with E-state index in [0.29, 0.717) is 18.7 Å². The van der Waals surface area contributed by atoms with Gasteiger partial charge in [-0.05, 0) is 42.4 Å². The van der Waals surface area contributed by atoms with Gasteiger partial charge in [-0.25, -0.2) is 0 Å². The zero-order valence-corrected chi connectivity index (χ0v) is 19.6. The van der Waals surface area contributed by atoms with Crippen LogP contribution in [0.1, 0.15) is 31.8 Å². The Morgan fingerprint density at radius 1 is 0.794 bits per heavy atom. The molecule has 6 nitrogen and oxygen atoms in total. The van der Waals surface area contributed by atoms with Crippen LogP contribution in [0.25, 0.3) is 0 Å². The molecule has 0 spiro atoms. The summed E-state index contributed by atoms with van der Waals surface area (Å²) in [6.45, 7) is 3.84. The van der Waals surface area contributed by atoms with E-state index in [1.165, 1.54) is 5.56 Å². The third-order valence-corrected chi connectivity index (χ3v) is 6.48. The largest absolute Gasteiger partial charge is 0.366 e. The first-order valence-corrected chi connectivity index (χ1v) is 11.7. The van der Waals surface area contributed by atoms with Crippen LogP contribution in [0.3, 0.4) is 0 Å². The van der Waals surface area contributed by atoms with Gasteiger partial charge in [0.15, 0.2) is 0 Å². The first kappa shape index (κ1) is 23.7. The fraction of sp³-hybridized carbons (Fsp3) is 0.286. The molecule has 34 heavy (non-hydrogen) atoms. The van der Waals surface area contributed by atoms with Gasteiger partial charge in [0.2, 0.25) is 5.91 Å². The highest BCUT2D eigenvalue weighted by Gasteiger charge is 2.29. The number of nitrogens with two attached hydrogens (primary N) is 1. The van der Waals surface area contributed by atoms with E-state index in [9.17, 15) is 9.59 Å². The highest BCUT2D eigenvalue weighted by atomic mass is 16.2. The van der Waals surface area contributed by atoms with Crippen LogP contribution in [0.15, 0.2) is 84.9 Å². The van der Waals surface area contributed by atoms with Crippen molar-refractivity contribution >= 4 is 11.8 Å². The van der Waals surface area contributed by atoms with Crippen LogP contribution in [0, 0.1) is 0 Å². The predicted octanol–water partition coefficient (Wildman–Crippen LogP) is 3.24. The van der Waals surface area contributed by atoms with Gasteiger partial charge in [0.05, 0.1) is 6.17 Å². The minimum absolute atomic E-state index is 0.0940. The van der Waals surface area contributed by atoms with Gasteiger partial charge in [0, 0.05) is 50.3 Å². The lowest BCUT2D eigenvalue weighted by atomic mass is 10.0.